The molecular formula is C11H10N6S. The number of nitrogens with zero attached hydrogens (tertiary/aromatic N) is 5. The highest BCUT2D eigenvalue weighted by atomic mass is 32.2. The molecule has 1 aromatic carbocycles. The number of aliphatic imine (C=N–C) groups is 1. The van der Waals surface area contributed by atoms with Crippen LogP contribution in [-0.4, -0.2) is 26.2 Å². The average Bonchev–Trinajstić information content (AvgIpc) is 2.93. The fraction of sp³-hybridized carbons (Fsp3) is 0.0909. The van der Waals surface area contributed by atoms with Crippen molar-refractivity contribution in [1.29, 1.82) is 5.26 Å². The number of amidine groups is 1. The topological polar surface area (TPSA) is 78.9 Å². The molecule has 6 nitrogen and oxygen atoms in total. The maximum Gasteiger partial charge on any atom is 0.183 e. The van der Waals surface area contributed by atoms with Crippen molar-refractivity contribution < 1.29 is 0 Å². The first-order valence-electron chi connectivity index (χ1n) is 5.06. The standard InChI is InChI=1S/C11H10N6S/c1-18-11(14-6-12)16-9-2-4-10(5-3-9)17-8-13-7-15-17/h2-5,7-8H,1H3,(H,14,16). The van der Waals surface area contributed by atoms with E-state index in [-0.39, 0.29) is 0 Å². The molecule has 0 amide bonds. The first-order valence-corrected chi connectivity index (χ1v) is 6.29. The van der Waals surface area contributed by atoms with Crippen molar-refractivity contribution in [3.05, 3.63) is 36.9 Å². The Morgan fingerprint density at radius 2 is 2.22 bits per heavy atom. The zero-order valence-electron chi connectivity index (χ0n) is 9.61. The Kier molecular flexibility index (Phi) is 3.94. The van der Waals surface area contributed by atoms with E-state index in [9.17, 15) is 0 Å². The lowest BCUT2D eigenvalue weighted by atomic mass is 10.3. The van der Waals surface area contributed by atoms with E-state index in [1.807, 2.05) is 36.7 Å². The minimum Gasteiger partial charge on any atom is -0.271 e. The Hall–Kier alpha value is -2.33. The summed E-state index contributed by atoms with van der Waals surface area (Å²) in [5.41, 5.74) is 1.68. The van der Waals surface area contributed by atoms with Crippen LogP contribution in [0.25, 0.3) is 5.69 Å². The van der Waals surface area contributed by atoms with Gasteiger partial charge >= 0.3 is 0 Å². The van der Waals surface area contributed by atoms with Crippen LogP contribution in [0.1, 0.15) is 0 Å². The van der Waals surface area contributed by atoms with Crippen LogP contribution in [0.2, 0.25) is 0 Å². The summed E-state index contributed by atoms with van der Waals surface area (Å²) >= 11 is 1.38. The Balaban J connectivity index is 2.20. The molecule has 1 N–H and O–H groups in total. The summed E-state index contributed by atoms with van der Waals surface area (Å²) < 4.78 is 1.66. The molecule has 90 valence electrons. The van der Waals surface area contributed by atoms with E-state index in [0.29, 0.717) is 5.17 Å². The minimum atomic E-state index is 0.561. The van der Waals surface area contributed by atoms with E-state index in [0.717, 1.165) is 11.4 Å². The number of rotatable bonds is 2. The molecule has 1 heterocycles. The molecule has 0 aliphatic heterocycles. The third kappa shape index (κ3) is 2.87. The SMILES string of the molecule is CSC(=Nc1ccc(-n2cncn2)cc1)NC#N. The largest absolute Gasteiger partial charge is 0.271 e. The highest BCUT2D eigenvalue weighted by molar-refractivity contribution is 8.13. The number of benzene rings is 1. The van der Waals surface area contributed by atoms with Gasteiger partial charge in [-0.05, 0) is 30.5 Å². The maximum atomic E-state index is 8.54. The van der Waals surface area contributed by atoms with Gasteiger partial charge in [-0.2, -0.15) is 10.4 Å². The zero-order chi connectivity index (χ0) is 12.8. The highest BCUT2D eigenvalue weighted by Gasteiger charge is 1.99. The van der Waals surface area contributed by atoms with Gasteiger partial charge in [0, 0.05) is 0 Å². The Morgan fingerprint density at radius 3 is 2.78 bits per heavy atom. The van der Waals surface area contributed by atoms with Crippen molar-refractivity contribution in [1.82, 2.24) is 20.1 Å². The Labute approximate surface area is 108 Å². The van der Waals surface area contributed by atoms with Crippen molar-refractivity contribution in [2.75, 3.05) is 6.26 Å². The molecule has 0 unspecified atom stereocenters. The van der Waals surface area contributed by atoms with Crippen LogP contribution in [0, 0.1) is 11.5 Å². The summed E-state index contributed by atoms with van der Waals surface area (Å²) in [6.07, 6.45) is 6.81. The monoisotopic (exact) mass is 258 g/mol. The van der Waals surface area contributed by atoms with Crippen molar-refractivity contribution in [3.63, 3.8) is 0 Å². The number of nitrogens with one attached hydrogen (secondary N) is 1. The molecule has 7 heteroatoms. The number of aromatic nitrogens is 3. The molecule has 2 rings (SSSR count). The van der Waals surface area contributed by atoms with Crippen LogP contribution in [0.3, 0.4) is 0 Å². The van der Waals surface area contributed by atoms with Gasteiger partial charge in [-0.15, -0.1) is 0 Å². The first kappa shape index (κ1) is 12.1. The summed E-state index contributed by atoms with van der Waals surface area (Å²) in [4.78, 5) is 8.17. The molecule has 0 saturated carbocycles. The van der Waals surface area contributed by atoms with Crippen LogP contribution in [0.5, 0.6) is 0 Å². The zero-order valence-corrected chi connectivity index (χ0v) is 10.4. The van der Waals surface area contributed by atoms with Crippen molar-refractivity contribution in [2.45, 2.75) is 0 Å². The van der Waals surface area contributed by atoms with E-state index < -0.39 is 0 Å². The second kappa shape index (κ2) is 5.84. The van der Waals surface area contributed by atoms with Crippen molar-refractivity contribution >= 4 is 22.6 Å². The highest BCUT2D eigenvalue weighted by Crippen LogP contribution is 2.16. The normalized spacial score (nSPS) is 11.0. The molecule has 0 atom stereocenters. The summed E-state index contributed by atoms with van der Waals surface area (Å²) in [5.74, 6) is 0. The third-order valence-corrected chi connectivity index (χ3v) is 2.70. The van der Waals surface area contributed by atoms with Crippen LogP contribution in [0.15, 0.2) is 41.9 Å². The van der Waals surface area contributed by atoms with Gasteiger partial charge in [-0.25, -0.2) is 14.7 Å². The fourth-order valence-electron chi connectivity index (χ4n) is 1.31. The Morgan fingerprint density at radius 1 is 1.44 bits per heavy atom. The summed E-state index contributed by atoms with van der Waals surface area (Å²) in [6.45, 7) is 0. The first-order chi connectivity index (χ1) is 8.83. The number of nitriles is 1. The van der Waals surface area contributed by atoms with E-state index in [4.69, 9.17) is 5.26 Å². The van der Waals surface area contributed by atoms with Gasteiger partial charge in [0.15, 0.2) is 11.4 Å². The van der Waals surface area contributed by atoms with Gasteiger partial charge in [0.25, 0.3) is 0 Å². The maximum absolute atomic E-state index is 8.54. The van der Waals surface area contributed by atoms with E-state index in [1.54, 1.807) is 11.0 Å². The van der Waals surface area contributed by atoms with Gasteiger partial charge < -0.3 is 0 Å². The molecule has 0 aliphatic carbocycles. The number of thioether (sulfide) groups is 1. The van der Waals surface area contributed by atoms with Crippen LogP contribution in [-0.2, 0) is 0 Å². The lowest BCUT2D eigenvalue weighted by Crippen LogP contribution is -2.12. The van der Waals surface area contributed by atoms with Gasteiger partial charge in [-0.3, -0.25) is 5.32 Å². The molecule has 0 fully saturated rings. The van der Waals surface area contributed by atoms with Crippen molar-refractivity contribution in [3.8, 4) is 11.9 Å². The van der Waals surface area contributed by atoms with Gasteiger partial charge in [0.1, 0.15) is 12.7 Å². The number of hydrogen-bond donors (Lipinski definition) is 1. The fourth-order valence-corrected chi connectivity index (χ4v) is 1.66. The van der Waals surface area contributed by atoms with Gasteiger partial charge in [0.2, 0.25) is 0 Å². The smallest absolute Gasteiger partial charge is 0.183 e. The molecule has 0 radical (unpaired) electrons. The summed E-state index contributed by atoms with van der Waals surface area (Å²) in [7, 11) is 0. The van der Waals surface area contributed by atoms with E-state index in [1.165, 1.54) is 18.1 Å². The second-order valence-electron chi connectivity index (χ2n) is 3.21. The summed E-state index contributed by atoms with van der Waals surface area (Å²) in [6, 6.07) is 7.48. The van der Waals surface area contributed by atoms with Crippen LogP contribution >= 0.6 is 11.8 Å². The van der Waals surface area contributed by atoms with Crippen LogP contribution < -0.4 is 5.32 Å². The predicted octanol–water partition coefficient (Wildman–Crippen LogP) is 1.69. The van der Waals surface area contributed by atoms with Crippen LogP contribution in [0.4, 0.5) is 5.69 Å². The molecule has 2 aromatic rings. The molecule has 18 heavy (non-hydrogen) atoms. The lowest BCUT2D eigenvalue weighted by molar-refractivity contribution is 0.879. The molecule has 0 bridgehead atoms. The second-order valence-corrected chi connectivity index (χ2v) is 4.01. The lowest BCUT2D eigenvalue weighted by Gasteiger charge is -2.02. The minimum absolute atomic E-state index is 0.561. The third-order valence-electron chi connectivity index (χ3n) is 2.12. The summed E-state index contributed by atoms with van der Waals surface area (Å²) in [5, 5.41) is 15.6. The number of hydrogen-bond acceptors (Lipinski definition) is 5. The predicted molar refractivity (Wildman–Crippen MR) is 70.7 cm³/mol. The van der Waals surface area contributed by atoms with Gasteiger partial charge in [-0.1, -0.05) is 11.8 Å². The van der Waals surface area contributed by atoms with E-state index >= 15 is 0 Å². The molecule has 0 spiro atoms. The molecular weight excluding hydrogens is 248 g/mol. The molecule has 1 aromatic heterocycles. The average molecular weight is 258 g/mol. The molecule has 0 aliphatic rings. The Bertz CT molecular complexity index is 567. The molecule has 0 saturated heterocycles. The quantitative estimate of drug-likeness (QED) is 0.384. The van der Waals surface area contributed by atoms with Crippen molar-refractivity contribution in [2.24, 2.45) is 4.99 Å². The van der Waals surface area contributed by atoms with Gasteiger partial charge in [0.05, 0.1) is 11.4 Å². The van der Waals surface area contributed by atoms with E-state index in [2.05, 4.69) is 20.4 Å².